The van der Waals surface area contributed by atoms with Crippen LogP contribution in [0.25, 0.3) is 0 Å². The van der Waals surface area contributed by atoms with Gasteiger partial charge in [0.25, 0.3) is 11.6 Å². The number of halogens is 1. The number of anilines is 1. The lowest BCUT2D eigenvalue weighted by Gasteiger charge is -2.34. The first kappa shape index (κ1) is 15.1. The molecule has 2 heterocycles. The molecule has 2 rings (SSSR count). The number of aryl methyl sites for hydroxylation is 1. The maximum absolute atomic E-state index is 13.6. The van der Waals surface area contributed by atoms with E-state index in [1.165, 1.54) is 12.3 Å². The van der Waals surface area contributed by atoms with Gasteiger partial charge >= 0.3 is 0 Å². The van der Waals surface area contributed by atoms with Crippen LogP contribution in [-0.4, -0.2) is 35.1 Å². The van der Waals surface area contributed by atoms with Crippen LogP contribution in [-0.2, 0) is 4.79 Å². The molecule has 2 N–H and O–H groups in total. The third-order valence-electron chi connectivity index (χ3n) is 3.77. The number of hydrogen-bond acceptors (Lipinski definition) is 5. The predicted molar refractivity (Wildman–Crippen MR) is 74.7 cm³/mol. The number of nitrogens with zero attached hydrogens (tertiary/aromatic N) is 3. The van der Waals surface area contributed by atoms with E-state index in [2.05, 4.69) is 4.98 Å². The second-order valence-corrected chi connectivity index (χ2v) is 5.22. The zero-order chi connectivity index (χ0) is 15.6. The standard InChI is InChI=1S/C13H17FN4O3/c1-8-6-10(18(20)21)7-16-13(8)17-4-2-9(3-5-17)11(14)12(15)19/h6-7,9,11H,2-5H2,1H3,(H2,15,19)/t11-/m0/s1. The van der Waals surface area contributed by atoms with E-state index >= 15 is 0 Å². The largest absolute Gasteiger partial charge is 0.367 e. The van der Waals surface area contributed by atoms with E-state index in [0.29, 0.717) is 37.3 Å². The third-order valence-corrected chi connectivity index (χ3v) is 3.77. The number of rotatable bonds is 4. The fraction of sp³-hybridized carbons (Fsp3) is 0.538. The smallest absolute Gasteiger partial charge is 0.287 e. The molecule has 1 aromatic rings. The number of nitro groups is 1. The Kier molecular flexibility index (Phi) is 4.35. The maximum Gasteiger partial charge on any atom is 0.287 e. The number of hydrogen-bond donors (Lipinski definition) is 1. The molecule has 8 heteroatoms. The van der Waals surface area contributed by atoms with Crippen LogP contribution >= 0.6 is 0 Å². The minimum atomic E-state index is -1.61. The number of alkyl halides is 1. The van der Waals surface area contributed by atoms with Crippen molar-refractivity contribution in [2.45, 2.75) is 25.9 Å². The Morgan fingerprint density at radius 3 is 2.67 bits per heavy atom. The molecule has 1 aliphatic heterocycles. The lowest BCUT2D eigenvalue weighted by atomic mass is 9.91. The SMILES string of the molecule is Cc1cc([N+](=O)[O-])cnc1N1CCC([C@H](F)C(N)=O)CC1. The summed E-state index contributed by atoms with van der Waals surface area (Å²) in [7, 11) is 0. The molecule has 114 valence electrons. The number of primary amides is 1. The normalized spacial score (nSPS) is 17.5. The van der Waals surface area contributed by atoms with Crippen LogP contribution in [0.4, 0.5) is 15.9 Å². The molecule has 0 spiro atoms. The Morgan fingerprint density at radius 2 is 2.19 bits per heavy atom. The summed E-state index contributed by atoms with van der Waals surface area (Å²) in [6, 6.07) is 1.47. The molecular weight excluding hydrogens is 279 g/mol. The van der Waals surface area contributed by atoms with Crippen molar-refractivity contribution in [3.63, 3.8) is 0 Å². The minimum Gasteiger partial charge on any atom is -0.367 e. The first-order valence-corrected chi connectivity index (χ1v) is 6.69. The lowest BCUT2D eigenvalue weighted by molar-refractivity contribution is -0.385. The number of nitrogens with two attached hydrogens (primary N) is 1. The molecule has 1 atom stereocenters. The van der Waals surface area contributed by atoms with E-state index in [-0.39, 0.29) is 11.6 Å². The molecule has 0 aromatic carbocycles. The van der Waals surface area contributed by atoms with Crippen molar-refractivity contribution in [2.24, 2.45) is 11.7 Å². The first-order valence-electron chi connectivity index (χ1n) is 6.69. The number of aromatic nitrogens is 1. The number of carbonyl (C=O) groups is 1. The molecule has 1 saturated heterocycles. The molecule has 0 bridgehead atoms. The van der Waals surface area contributed by atoms with Gasteiger partial charge in [0.2, 0.25) is 0 Å². The highest BCUT2D eigenvalue weighted by Gasteiger charge is 2.30. The Morgan fingerprint density at radius 1 is 1.57 bits per heavy atom. The van der Waals surface area contributed by atoms with E-state index in [9.17, 15) is 19.3 Å². The van der Waals surface area contributed by atoms with Crippen molar-refractivity contribution in [3.8, 4) is 0 Å². The van der Waals surface area contributed by atoms with Gasteiger partial charge in [0.1, 0.15) is 12.0 Å². The molecule has 0 aliphatic carbocycles. The Balaban J connectivity index is 2.05. The van der Waals surface area contributed by atoms with Crippen LogP contribution < -0.4 is 10.6 Å². The van der Waals surface area contributed by atoms with Crippen LogP contribution in [0.3, 0.4) is 0 Å². The molecule has 21 heavy (non-hydrogen) atoms. The maximum atomic E-state index is 13.6. The van der Waals surface area contributed by atoms with Crippen molar-refractivity contribution in [3.05, 3.63) is 27.9 Å². The van der Waals surface area contributed by atoms with Gasteiger partial charge in [0, 0.05) is 25.1 Å². The van der Waals surface area contributed by atoms with E-state index in [0.717, 1.165) is 0 Å². The second-order valence-electron chi connectivity index (χ2n) is 5.22. The zero-order valence-electron chi connectivity index (χ0n) is 11.7. The summed E-state index contributed by atoms with van der Waals surface area (Å²) in [6.45, 7) is 2.84. The molecule has 0 saturated carbocycles. The Hall–Kier alpha value is -2.25. The average molecular weight is 296 g/mol. The van der Waals surface area contributed by atoms with Crippen LogP contribution in [0.1, 0.15) is 18.4 Å². The highest BCUT2D eigenvalue weighted by atomic mass is 19.1. The highest BCUT2D eigenvalue weighted by molar-refractivity contribution is 5.79. The van der Waals surface area contributed by atoms with Gasteiger partial charge in [-0.15, -0.1) is 0 Å². The highest BCUT2D eigenvalue weighted by Crippen LogP contribution is 2.28. The molecule has 0 radical (unpaired) electrons. The fourth-order valence-electron chi connectivity index (χ4n) is 2.62. The van der Waals surface area contributed by atoms with Crippen LogP contribution in [0.2, 0.25) is 0 Å². The van der Waals surface area contributed by atoms with Gasteiger partial charge in [-0.25, -0.2) is 9.37 Å². The summed E-state index contributed by atoms with van der Waals surface area (Å²) in [4.78, 5) is 27.1. The summed E-state index contributed by atoms with van der Waals surface area (Å²) in [5.74, 6) is -0.622. The molecule has 1 aromatic heterocycles. The van der Waals surface area contributed by atoms with Crippen molar-refractivity contribution in [2.75, 3.05) is 18.0 Å². The van der Waals surface area contributed by atoms with Crippen LogP contribution in [0.5, 0.6) is 0 Å². The zero-order valence-corrected chi connectivity index (χ0v) is 11.7. The summed E-state index contributed by atoms with van der Waals surface area (Å²) < 4.78 is 13.6. The quantitative estimate of drug-likeness (QED) is 0.667. The predicted octanol–water partition coefficient (Wildman–Crippen LogP) is 1.34. The molecule has 1 aliphatic rings. The van der Waals surface area contributed by atoms with E-state index in [1.807, 2.05) is 4.90 Å². The van der Waals surface area contributed by atoms with Crippen LogP contribution in [0, 0.1) is 23.0 Å². The van der Waals surface area contributed by atoms with Gasteiger partial charge in [-0.05, 0) is 25.3 Å². The van der Waals surface area contributed by atoms with Gasteiger partial charge in [-0.3, -0.25) is 14.9 Å². The minimum absolute atomic E-state index is 0.0521. The summed E-state index contributed by atoms with van der Waals surface area (Å²) in [5, 5.41) is 10.7. The van der Waals surface area contributed by atoms with Gasteiger partial charge in [0.15, 0.2) is 6.17 Å². The lowest BCUT2D eigenvalue weighted by Crippen LogP contribution is -2.41. The van der Waals surface area contributed by atoms with Crippen molar-refractivity contribution < 1.29 is 14.1 Å². The average Bonchev–Trinajstić information content (AvgIpc) is 2.46. The Bertz CT molecular complexity index is 558. The van der Waals surface area contributed by atoms with Gasteiger partial charge in [-0.1, -0.05) is 0 Å². The summed E-state index contributed by atoms with van der Waals surface area (Å²) in [6.07, 6.45) is 0.610. The van der Waals surface area contributed by atoms with Crippen molar-refractivity contribution in [1.29, 1.82) is 0 Å². The van der Waals surface area contributed by atoms with Crippen molar-refractivity contribution in [1.82, 2.24) is 4.98 Å². The molecule has 1 amide bonds. The number of pyridine rings is 1. The summed E-state index contributed by atoms with van der Waals surface area (Å²) in [5.41, 5.74) is 5.63. The van der Waals surface area contributed by atoms with Gasteiger partial charge in [0.05, 0.1) is 4.92 Å². The van der Waals surface area contributed by atoms with Gasteiger partial charge in [-0.2, -0.15) is 0 Å². The molecular formula is C13H17FN4O3. The Labute approximate surface area is 121 Å². The fourth-order valence-corrected chi connectivity index (χ4v) is 2.62. The number of piperidine rings is 1. The number of amides is 1. The van der Waals surface area contributed by atoms with E-state index in [4.69, 9.17) is 5.73 Å². The summed E-state index contributed by atoms with van der Waals surface area (Å²) >= 11 is 0. The molecule has 0 unspecified atom stereocenters. The third kappa shape index (κ3) is 3.26. The van der Waals surface area contributed by atoms with Gasteiger partial charge < -0.3 is 10.6 Å². The molecule has 1 fully saturated rings. The first-order chi connectivity index (χ1) is 9.90. The molecule has 7 nitrogen and oxygen atoms in total. The van der Waals surface area contributed by atoms with Crippen LogP contribution in [0.15, 0.2) is 12.3 Å². The van der Waals surface area contributed by atoms with Crippen molar-refractivity contribution >= 4 is 17.4 Å². The van der Waals surface area contributed by atoms with E-state index < -0.39 is 17.0 Å². The number of carbonyl (C=O) groups excluding carboxylic acids is 1. The monoisotopic (exact) mass is 296 g/mol. The topological polar surface area (TPSA) is 102 Å². The van der Waals surface area contributed by atoms with E-state index in [1.54, 1.807) is 6.92 Å². The second kappa shape index (κ2) is 6.02.